The molecular formula is C42H56Cl6N4O4. The van der Waals surface area contributed by atoms with Gasteiger partial charge in [0.25, 0.3) is 0 Å². The van der Waals surface area contributed by atoms with Crippen LogP contribution in [0.2, 0.25) is 0 Å². The predicted octanol–water partition coefficient (Wildman–Crippen LogP) is 14.2. The fourth-order valence-corrected chi connectivity index (χ4v) is 6.59. The zero-order chi connectivity index (χ0) is 42.4. The molecule has 0 saturated heterocycles. The molecule has 3 aromatic carbocycles. The topological polar surface area (TPSA) is 101 Å². The Morgan fingerprint density at radius 3 is 0.964 bits per heavy atom. The minimum atomic E-state index is -2.16. The highest BCUT2D eigenvalue weighted by atomic mass is 35.6. The summed E-state index contributed by atoms with van der Waals surface area (Å²) in [6, 6.07) is 13.4. The zero-order valence-electron chi connectivity index (χ0n) is 34.1. The first-order chi connectivity index (χ1) is 25.8. The number of urea groups is 2. The third-order valence-electron chi connectivity index (χ3n) is 9.20. The smallest absolute Gasteiger partial charge is 0.322 e. The summed E-state index contributed by atoms with van der Waals surface area (Å²) in [6.07, 6.45) is -3.06. The van der Waals surface area contributed by atoms with E-state index in [2.05, 4.69) is 129 Å². The summed E-state index contributed by atoms with van der Waals surface area (Å²) in [4.78, 5) is 27.3. The third kappa shape index (κ3) is 13.0. The summed E-state index contributed by atoms with van der Waals surface area (Å²) in [5.74, 6) is 1.04. The Balaban J connectivity index is 1.92. The lowest BCUT2D eigenvalue weighted by atomic mass is 9.87. The number of ether oxygens (including phenoxy) is 2. The molecule has 0 radical (unpaired) electrons. The number of alkyl halides is 6. The van der Waals surface area contributed by atoms with Crippen LogP contribution in [0.5, 0.6) is 11.5 Å². The Labute approximate surface area is 363 Å². The van der Waals surface area contributed by atoms with Crippen LogP contribution in [0.25, 0.3) is 0 Å². The van der Waals surface area contributed by atoms with Crippen LogP contribution >= 0.6 is 69.6 Å². The molecule has 14 heteroatoms. The highest BCUT2D eigenvalue weighted by molar-refractivity contribution is 6.68. The monoisotopic (exact) mass is 890 g/mol. The van der Waals surface area contributed by atoms with Crippen molar-refractivity contribution in [1.29, 1.82) is 0 Å². The van der Waals surface area contributed by atoms with Crippen molar-refractivity contribution in [3.05, 3.63) is 81.9 Å². The molecule has 3 rings (SSSR count). The van der Waals surface area contributed by atoms with Crippen LogP contribution in [0.4, 0.5) is 21.0 Å². The van der Waals surface area contributed by atoms with Gasteiger partial charge >= 0.3 is 12.1 Å². The molecule has 310 valence electrons. The van der Waals surface area contributed by atoms with E-state index < -0.39 is 32.1 Å². The highest BCUT2D eigenvalue weighted by Gasteiger charge is 2.40. The van der Waals surface area contributed by atoms with Gasteiger partial charge in [0.2, 0.25) is 20.0 Å². The fraction of sp³-hybridized carbons (Fsp3) is 0.524. The van der Waals surface area contributed by atoms with E-state index in [0.717, 1.165) is 22.3 Å². The first kappa shape index (κ1) is 47.9. The van der Waals surface area contributed by atoms with Gasteiger partial charge in [-0.05, 0) is 81.0 Å². The fourth-order valence-electron chi connectivity index (χ4n) is 5.99. The van der Waals surface area contributed by atoms with Crippen molar-refractivity contribution in [2.24, 2.45) is 0 Å². The number of rotatable bonds is 14. The van der Waals surface area contributed by atoms with Crippen LogP contribution < -0.4 is 30.7 Å². The molecule has 0 spiro atoms. The summed E-state index contributed by atoms with van der Waals surface area (Å²) in [6.45, 7) is 25.0. The number of carbonyl (C=O) groups is 2. The van der Waals surface area contributed by atoms with Gasteiger partial charge in [-0.3, -0.25) is 10.6 Å². The molecule has 0 aromatic heterocycles. The molecule has 0 heterocycles. The molecule has 0 aliphatic carbocycles. The van der Waals surface area contributed by atoms with E-state index in [4.69, 9.17) is 79.1 Å². The van der Waals surface area contributed by atoms with Gasteiger partial charge in [0.15, 0.2) is 11.5 Å². The van der Waals surface area contributed by atoms with Crippen molar-refractivity contribution in [1.82, 2.24) is 10.6 Å². The number of halogens is 6. The Bertz CT molecular complexity index is 1630. The van der Waals surface area contributed by atoms with Crippen molar-refractivity contribution in [2.75, 3.05) is 10.6 Å². The largest absolute Gasteiger partial charge is 0.462 e. The summed E-state index contributed by atoms with van der Waals surface area (Å²) in [5, 5.41) is 11.3. The molecule has 4 amide bonds. The van der Waals surface area contributed by atoms with Gasteiger partial charge in [-0.2, -0.15) is 0 Å². The Morgan fingerprint density at radius 1 is 0.482 bits per heavy atom. The van der Waals surface area contributed by atoms with Crippen molar-refractivity contribution in [2.45, 2.75) is 139 Å². The lowest BCUT2D eigenvalue weighted by Crippen LogP contribution is -2.50. The van der Waals surface area contributed by atoms with Crippen molar-refractivity contribution < 1.29 is 19.1 Å². The van der Waals surface area contributed by atoms with Gasteiger partial charge in [0, 0.05) is 11.4 Å². The van der Waals surface area contributed by atoms with Gasteiger partial charge in [0.1, 0.15) is 0 Å². The summed E-state index contributed by atoms with van der Waals surface area (Å²) < 4.78 is 7.89. The maximum atomic E-state index is 13.7. The molecule has 56 heavy (non-hydrogen) atoms. The second kappa shape index (κ2) is 20.0. The molecule has 2 atom stereocenters. The molecule has 0 aliphatic rings. The number of para-hydroxylation sites is 2. The van der Waals surface area contributed by atoms with Gasteiger partial charge < -0.3 is 20.1 Å². The van der Waals surface area contributed by atoms with Crippen LogP contribution in [0.15, 0.2) is 48.5 Å². The minimum Gasteiger partial charge on any atom is -0.462 e. The number of hydrogen-bond acceptors (Lipinski definition) is 4. The molecule has 0 saturated carbocycles. The SMILES string of the molecule is CC(C)c1cc(C(C)C)c(NC(=O)N[C@@H](Oc2ccccc2O[C@H](NC(=O)Nc2c(C(C)C)cc(C(C)C)cc2C(C)C)C(Cl)(Cl)Cl)C(Cl)(Cl)Cl)c(C(C)C)c1. The Hall–Kier alpha value is -2.46. The number of anilines is 2. The molecule has 0 unspecified atom stereocenters. The normalized spacial score (nSPS) is 13.4. The van der Waals surface area contributed by atoms with E-state index in [9.17, 15) is 9.59 Å². The molecule has 4 N–H and O–H groups in total. The standard InChI is InChI=1S/C42H56Cl6N4O4/c1-21(2)27-17-29(23(5)6)35(30(18-27)24(7)8)49-39(53)51-37(41(43,44)45)55-33-15-13-14-16-34(33)56-38(42(46,47)48)52-40(54)50-36-31(25(9)10)19-28(22(3)4)20-32(36)26(11)12/h13-26,37-38H,1-12H3,(H2,49,51,53)(H2,50,52,54)/t37-,38-/m0/s1. The maximum absolute atomic E-state index is 13.7. The number of hydrogen-bond donors (Lipinski definition) is 4. The summed E-state index contributed by atoms with van der Waals surface area (Å²) in [5.41, 5.74) is 7.59. The molecule has 0 bridgehead atoms. The number of benzene rings is 3. The first-order valence-electron chi connectivity index (χ1n) is 18.9. The van der Waals surface area contributed by atoms with Gasteiger partial charge in [-0.25, -0.2) is 9.59 Å². The average molecular weight is 894 g/mol. The average Bonchev–Trinajstić information content (AvgIpc) is 3.06. The van der Waals surface area contributed by atoms with E-state index in [1.165, 1.54) is 23.3 Å². The van der Waals surface area contributed by atoms with Gasteiger partial charge in [-0.1, -0.05) is 189 Å². The van der Waals surface area contributed by atoms with Crippen LogP contribution in [-0.4, -0.2) is 32.1 Å². The molecule has 8 nitrogen and oxygen atoms in total. The van der Waals surface area contributed by atoms with Crippen LogP contribution in [0.3, 0.4) is 0 Å². The quantitative estimate of drug-likeness (QED) is 0.0956. The molecule has 0 aliphatic heterocycles. The molecule has 3 aromatic rings. The number of nitrogens with one attached hydrogen (secondary N) is 4. The van der Waals surface area contributed by atoms with Crippen molar-refractivity contribution in [3.63, 3.8) is 0 Å². The third-order valence-corrected chi connectivity index (χ3v) is 10.4. The van der Waals surface area contributed by atoms with Crippen LogP contribution in [0, 0.1) is 0 Å². The first-order valence-corrected chi connectivity index (χ1v) is 21.1. The second-order valence-electron chi connectivity index (χ2n) is 15.8. The summed E-state index contributed by atoms with van der Waals surface area (Å²) in [7, 11) is 0. The zero-order valence-corrected chi connectivity index (χ0v) is 38.7. The van der Waals surface area contributed by atoms with E-state index in [-0.39, 0.29) is 35.2 Å². The highest BCUT2D eigenvalue weighted by Crippen LogP contribution is 2.40. The molecule has 0 fully saturated rings. The lowest BCUT2D eigenvalue weighted by Gasteiger charge is -2.30. The number of amides is 4. The predicted molar refractivity (Wildman–Crippen MR) is 238 cm³/mol. The van der Waals surface area contributed by atoms with Crippen LogP contribution in [0.1, 0.15) is 152 Å². The van der Waals surface area contributed by atoms with Crippen molar-refractivity contribution >= 4 is 93.0 Å². The van der Waals surface area contributed by atoms with E-state index >= 15 is 0 Å². The molecular weight excluding hydrogens is 837 g/mol. The Kier molecular flexibility index (Phi) is 17.1. The van der Waals surface area contributed by atoms with Crippen molar-refractivity contribution in [3.8, 4) is 11.5 Å². The van der Waals surface area contributed by atoms with Gasteiger partial charge in [0.05, 0.1) is 0 Å². The number of carbonyl (C=O) groups excluding carboxylic acids is 2. The lowest BCUT2D eigenvalue weighted by molar-refractivity contribution is 0.140. The van der Waals surface area contributed by atoms with Gasteiger partial charge in [-0.15, -0.1) is 0 Å². The summed E-state index contributed by atoms with van der Waals surface area (Å²) >= 11 is 38.3. The van der Waals surface area contributed by atoms with Crippen LogP contribution in [-0.2, 0) is 0 Å². The van der Waals surface area contributed by atoms with E-state index in [1.54, 1.807) is 12.1 Å². The van der Waals surface area contributed by atoms with E-state index in [1.807, 2.05) is 0 Å². The second-order valence-corrected chi connectivity index (χ2v) is 20.5. The Morgan fingerprint density at radius 2 is 0.750 bits per heavy atom. The minimum absolute atomic E-state index is 0.0195. The maximum Gasteiger partial charge on any atom is 0.322 e. The van der Waals surface area contributed by atoms with E-state index in [0.29, 0.717) is 23.2 Å².